The fourth-order valence-corrected chi connectivity index (χ4v) is 7.26. The predicted molar refractivity (Wildman–Crippen MR) is 147 cm³/mol. The Morgan fingerprint density at radius 1 is 1.11 bits per heavy atom. The van der Waals surface area contributed by atoms with Gasteiger partial charge in [0.05, 0.1) is 22.5 Å². The Bertz CT molecular complexity index is 1230. The summed E-state index contributed by atoms with van der Waals surface area (Å²) in [4.78, 5) is 26.1. The summed E-state index contributed by atoms with van der Waals surface area (Å²) in [6.45, 7) is 2.92. The maximum atomic E-state index is 14.2. The third kappa shape index (κ3) is 5.04. The molecule has 5 atom stereocenters. The van der Waals surface area contributed by atoms with E-state index in [9.17, 15) is 4.79 Å². The molecule has 0 bridgehead atoms. The number of likely N-dealkylation sites (N-methyl/N-ethyl adjacent to an activating group) is 1. The second-order valence-corrected chi connectivity index (χ2v) is 11.8. The van der Waals surface area contributed by atoms with Gasteiger partial charge in [0, 0.05) is 24.3 Å². The van der Waals surface area contributed by atoms with Gasteiger partial charge in [0.25, 0.3) is 0 Å². The van der Waals surface area contributed by atoms with Crippen LogP contribution in [0.25, 0.3) is 21.5 Å². The van der Waals surface area contributed by atoms with Crippen LogP contribution in [0, 0.1) is 5.92 Å². The number of benzene rings is 1. The Morgan fingerprint density at radius 3 is 2.70 bits per heavy atom. The minimum Gasteiger partial charge on any atom is -0.352 e. The summed E-state index contributed by atoms with van der Waals surface area (Å²) in [7, 11) is 1.96. The fraction of sp³-hybridized carbons (Fsp3) is 0.552. The van der Waals surface area contributed by atoms with Gasteiger partial charge < -0.3 is 15.0 Å². The molecule has 1 saturated carbocycles. The van der Waals surface area contributed by atoms with E-state index in [1.165, 1.54) is 19.3 Å². The van der Waals surface area contributed by atoms with Gasteiger partial charge in [-0.2, -0.15) is 0 Å². The van der Waals surface area contributed by atoms with Crippen molar-refractivity contribution in [2.75, 3.05) is 13.6 Å². The van der Waals surface area contributed by atoms with Gasteiger partial charge >= 0.3 is 0 Å². The summed E-state index contributed by atoms with van der Waals surface area (Å²) < 4.78 is 7.07. The summed E-state index contributed by atoms with van der Waals surface area (Å²) in [5, 5.41) is 7.96. The smallest absolute Gasteiger partial charge is 0.240 e. The molecule has 0 spiro atoms. The van der Waals surface area contributed by atoms with Crippen LogP contribution in [-0.2, 0) is 9.53 Å². The second kappa shape index (κ2) is 10.8. The molecule has 4 heterocycles. The van der Waals surface area contributed by atoms with Crippen LogP contribution < -0.4 is 10.6 Å². The molecule has 0 radical (unpaired) electrons. The first-order valence-corrected chi connectivity index (χ1v) is 14.7. The Kier molecular flexibility index (Phi) is 7.25. The first-order chi connectivity index (χ1) is 18.1. The van der Waals surface area contributed by atoms with Crippen LogP contribution in [0.1, 0.15) is 62.9 Å². The van der Waals surface area contributed by atoms with E-state index in [0.717, 1.165) is 58.7 Å². The standard InChI is InChI=1S/C29H37N5O2S/c1-18(30-2)26-27(36-26)32-24(20-12-7-4-8-13-20)29(35)34-17-9-14-21(34)28-33-25-22(37-28)15-16-31-23(25)19-10-5-3-6-11-19/h3,5-6,10-11,15-16,18,20-21,24,26-27,30,32H,4,7-9,12-14,17H2,1-2H3/t18-,21-,24-,26?,27?/m0/s1. The molecule has 2 saturated heterocycles. The highest BCUT2D eigenvalue weighted by molar-refractivity contribution is 7.18. The molecule has 6 rings (SSSR count). The molecule has 1 aromatic carbocycles. The van der Waals surface area contributed by atoms with Crippen LogP contribution in [0.3, 0.4) is 0 Å². The number of carbonyl (C=O) groups is 1. The zero-order valence-electron chi connectivity index (χ0n) is 21.7. The highest BCUT2D eigenvalue weighted by Gasteiger charge is 2.47. The summed E-state index contributed by atoms with van der Waals surface area (Å²) >= 11 is 1.71. The molecule has 3 aromatic rings. The van der Waals surface area contributed by atoms with E-state index < -0.39 is 0 Å². The number of rotatable bonds is 8. The number of thiazole rings is 1. The summed E-state index contributed by atoms with van der Waals surface area (Å²) in [5.41, 5.74) is 2.92. The number of hydrogen-bond acceptors (Lipinski definition) is 7. The summed E-state index contributed by atoms with van der Waals surface area (Å²) in [5.74, 6) is 0.586. The van der Waals surface area contributed by atoms with Gasteiger partial charge in [0.2, 0.25) is 5.91 Å². The average molecular weight is 520 g/mol. The number of pyridine rings is 1. The van der Waals surface area contributed by atoms with Gasteiger partial charge in [-0.1, -0.05) is 49.6 Å². The molecule has 1 amide bonds. The number of epoxide rings is 1. The van der Waals surface area contributed by atoms with Crippen molar-refractivity contribution in [3.63, 3.8) is 0 Å². The van der Waals surface area contributed by atoms with Crippen molar-refractivity contribution in [1.29, 1.82) is 0 Å². The molecule has 2 aromatic heterocycles. The zero-order valence-corrected chi connectivity index (χ0v) is 22.5. The SMILES string of the molecule is CN[C@@H](C)C1OC1N[C@H](C(=O)N1CCC[C@H]1c1nc2c(-c3ccccc3)nccc2s1)C1CCCCC1. The van der Waals surface area contributed by atoms with Gasteiger partial charge in [0.1, 0.15) is 22.9 Å². The van der Waals surface area contributed by atoms with Gasteiger partial charge in [-0.3, -0.25) is 15.1 Å². The first kappa shape index (κ1) is 24.9. The largest absolute Gasteiger partial charge is 0.352 e. The van der Waals surface area contributed by atoms with Gasteiger partial charge in [0.15, 0.2) is 0 Å². The number of carbonyl (C=O) groups excluding carboxylic acids is 1. The van der Waals surface area contributed by atoms with Crippen LogP contribution in [-0.4, -0.2) is 58.8 Å². The van der Waals surface area contributed by atoms with Crippen molar-refractivity contribution >= 4 is 27.5 Å². The number of hydrogen-bond donors (Lipinski definition) is 2. The maximum absolute atomic E-state index is 14.2. The highest BCUT2D eigenvalue weighted by Crippen LogP contribution is 2.40. The van der Waals surface area contributed by atoms with E-state index in [4.69, 9.17) is 9.72 Å². The Balaban J connectivity index is 1.26. The molecule has 37 heavy (non-hydrogen) atoms. The Hall–Kier alpha value is -2.39. The summed E-state index contributed by atoms with van der Waals surface area (Å²) in [6, 6.07) is 12.4. The fourth-order valence-electron chi connectivity index (χ4n) is 6.14. The van der Waals surface area contributed by atoms with Gasteiger partial charge in [-0.25, -0.2) is 4.98 Å². The lowest BCUT2D eigenvalue weighted by Crippen LogP contribution is -2.52. The molecule has 3 fully saturated rings. The quantitative estimate of drug-likeness (QED) is 0.412. The number of likely N-dealkylation sites (tertiary alicyclic amines) is 1. The number of nitrogens with zero attached hydrogens (tertiary/aromatic N) is 3. The van der Waals surface area contributed by atoms with Gasteiger partial charge in [-0.05, 0) is 51.6 Å². The predicted octanol–water partition coefficient (Wildman–Crippen LogP) is 4.89. The number of amides is 1. The van der Waals surface area contributed by atoms with E-state index in [1.807, 2.05) is 37.5 Å². The third-order valence-corrected chi connectivity index (χ3v) is 9.52. The van der Waals surface area contributed by atoms with Crippen molar-refractivity contribution in [2.45, 2.75) is 82.3 Å². The molecule has 1 aliphatic carbocycles. The molecule has 196 valence electrons. The van der Waals surface area contributed by atoms with Crippen LogP contribution in [0.4, 0.5) is 0 Å². The average Bonchev–Trinajstić information content (AvgIpc) is 3.33. The van der Waals surface area contributed by atoms with Crippen molar-refractivity contribution in [3.05, 3.63) is 47.6 Å². The molecule has 7 nitrogen and oxygen atoms in total. The topological polar surface area (TPSA) is 82.7 Å². The van der Waals surface area contributed by atoms with E-state index in [-0.39, 0.29) is 36.4 Å². The minimum absolute atomic E-state index is 0.0218. The number of ether oxygens (including phenoxy) is 1. The highest BCUT2D eigenvalue weighted by atomic mass is 32.1. The molecule has 2 unspecified atom stereocenters. The lowest BCUT2D eigenvalue weighted by molar-refractivity contribution is -0.136. The van der Waals surface area contributed by atoms with E-state index in [2.05, 4.69) is 39.6 Å². The second-order valence-electron chi connectivity index (χ2n) is 10.8. The van der Waals surface area contributed by atoms with Crippen molar-refractivity contribution in [3.8, 4) is 11.3 Å². The lowest BCUT2D eigenvalue weighted by atomic mass is 9.83. The van der Waals surface area contributed by atoms with E-state index >= 15 is 0 Å². The Labute approximate surface area is 223 Å². The number of fused-ring (bicyclic) bond motifs is 1. The molecule has 2 N–H and O–H groups in total. The number of nitrogens with one attached hydrogen (secondary N) is 2. The van der Waals surface area contributed by atoms with Crippen molar-refractivity contribution in [1.82, 2.24) is 25.5 Å². The Morgan fingerprint density at radius 2 is 1.92 bits per heavy atom. The van der Waals surface area contributed by atoms with E-state index in [0.29, 0.717) is 5.92 Å². The lowest BCUT2D eigenvalue weighted by Gasteiger charge is -2.34. The van der Waals surface area contributed by atoms with Crippen LogP contribution in [0.15, 0.2) is 42.6 Å². The normalized spacial score (nSPS) is 25.9. The third-order valence-electron chi connectivity index (χ3n) is 8.40. The molecule has 8 heteroatoms. The zero-order chi connectivity index (χ0) is 25.4. The van der Waals surface area contributed by atoms with Crippen molar-refractivity contribution < 1.29 is 9.53 Å². The molecule has 2 aliphatic heterocycles. The first-order valence-electron chi connectivity index (χ1n) is 13.8. The van der Waals surface area contributed by atoms with E-state index in [1.54, 1.807) is 11.3 Å². The van der Waals surface area contributed by atoms with Crippen LogP contribution >= 0.6 is 11.3 Å². The van der Waals surface area contributed by atoms with Crippen LogP contribution in [0.2, 0.25) is 0 Å². The molecular weight excluding hydrogens is 482 g/mol. The number of aromatic nitrogens is 2. The molecule has 3 aliphatic rings. The summed E-state index contributed by atoms with van der Waals surface area (Å²) in [6.07, 6.45) is 9.78. The minimum atomic E-state index is -0.198. The molecular formula is C29H37N5O2S. The van der Waals surface area contributed by atoms with Crippen LogP contribution in [0.5, 0.6) is 0 Å². The monoisotopic (exact) mass is 519 g/mol. The van der Waals surface area contributed by atoms with Crippen molar-refractivity contribution in [2.24, 2.45) is 5.92 Å². The van der Waals surface area contributed by atoms with Gasteiger partial charge in [-0.15, -0.1) is 11.3 Å². The maximum Gasteiger partial charge on any atom is 0.240 e.